The van der Waals surface area contributed by atoms with Gasteiger partial charge < -0.3 is 15.1 Å². The van der Waals surface area contributed by atoms with Gasteiger partial charge in [0.05, 0.1) is 0 Å². The lowest BCUT2D eigenvalue weighted by Gasteiger charge is -2.22. The molecule has 0 saturated carbocycles. The fraction of sp³-hybridized carbons (Fsp3) is 0.333. The maximum Gasteiger partial charge on any atom is 0.193 e. The van der Waals surface area contributed by atoms with Gasteiger partial charge in [-0.2, -0.15) is 0 Å². The molecule has 136 valence electrons. The fourth-order valence-electron chi connectivity index (χ4n) is 2.32. The summed E-state index contributed by atoms with van der Waals surface area (Å²) in [4.78, 5) is 12.8. The van der Waals surface area contributed by atoms with Crippen LogP contribution >= 0.6 is 35.6 Å². The van der Waals surface area contributed by atoms with Crippen molar-refractivity contribution in [2.45, 2.75) is 13.1 Å². The number of anilines is 1. The monoisotopic (exact) mass is 473 g/mol. The SMILES string of the molecule is CN=C(NCc1ccnc(N(C)C)c1)N(C)Cc1ccc(Cl)cc1.I. The van der Waals surface area contributed by atoms with Crippen LogP contribution in [-0.2, 0) is 13.1 Å². The Bertz CT molecular complexity index is 688. The first kappa shape index (κ1) is 21.5. The highest BCUT2D eigenvalue weighted by Crippen LogP contribution is 2.12. The van der Waals surface area contributed by atoms with Gasteiger partial charge in [-0.1, -0.05) is 23.7 Å². The van der Waals surface area contributed by atoms with E-state index in [2.05, 4.69) is 26.3 Å². The summed E-state index contributed by atoms with van der Waals surface area (Å²) in [6.07, 6.45) is 1.83. The minimum atomic E-state index is 0. The highest BCUT2D eigenvalue weighted by Gasteiger charge is 2.07. The van der Waals surface area contributed by atoms with E-state index in [0.717, 1.165) is 28.9 Å². The third-order valence-electron chi connectivity index (χ3n) is 3.63. The largest absolute Gasteiger partial charge is 0.363 e. The normalized spacial score (nSPS) is 10.8. The molecule has 0 fully saturated rings. The minimum Gasteiger partial charge on any atom is -0.363 e. The molecule has 0 unspecified atom stereocenters. The summed E-state index contributed by atoms with van der Waals surface area (Å²) >= 11 is 5.93. The second kappa shape index (κ2) is 10.5. The van der Waals surface area contributed by atoms with E-state index in [1.54, 1.807) is 7.05 Å². The predicted octanol–water partition coefficient (Wildman–Crippen LogP) is 3.63. The van der Waals surface area contributed by atoms with Crippen LogP contribution in [0.2, 0.25) is 5.02 Å². The van der Waals surface area contributed by atoms with Crippen LogP contribution in [0.1, 0.15) is 11.1 Å². The molecule has 2 rings (SSSR count). The number of guanidine groups is 1. The quantitative estimate of drug-likeness (QED) is 0.409. The van der Waals surface area contributed by atoms with Gasteiger partial charge in [-0.05, 0) is 35.4 Å². The number of rotatable bonds is 5. The molecular weight excluding hydrogens is 449 g/mol. The molecule has 5 nitrogen and oxygen atoms in total. The molecule has 0 aliphatic rings. The molecule has 25 heavy (non-hydrogen) atoms. The summed E-state index contributed by atoms with van der Waals surface area (Å²) in [5, 5.41) is 4.14. The molecule has 0 atom stereocenters. The van der Waals surface area contributed by atoms with Crippen molar-refractivity contribution in [3.05, 3.63) is 58.7 Å². The second-order valence-electron chi connectivity index (χ2n) is 5.80. The lowest BCUT2D eigenvalue weighted by molar-refractivity contribution is 0.476. The molecular formula is C18H25ClIN5. The number of benzene rings is 1. The number of hydrogen-bond donors (Lipinski definition) is 1. The summed E-state index contributed by atoms with van der Waals surface area (Å²) < 4.78 is 0. The van der Waals surface area contributed by atoms with Gasteiger partial charge in [0.2, 0.25) is 0 Å². The summed E-state index contributed by atoms with van der Waals surface area (Å²) in [5.74, 6) is 1.78. The van der Waals surface area contributed by atoms with E-state index in [4.69, 9.17) is 11.6 Å². The predicted molar refractivity (Wildman–Crippen MR) is 117 cm³/mol. The Morgan fingerprint density at radius 1 is 1.12 bits per heavy atom. The molecule has 1 aromatic heterocycles. The van der Waals surface area contributed by atoms with Gasteiger partial charge in [-0.15, -0.1) is 24.0 Å². The van der Waals surface area contributed by atoms with Gasteiger partial charge >= 0.3 is 0 Å². The standard InChI is InChI=1S/C18H24ClN5.HI/c1-20-18(24(4)13-14-5-7-16(19)8-6-14)22-12-15-9-10-21-17(11-15)23(2)3;/h5-11H,12-13H2,1-4H3,(H,20,22);1H. The Morgan fingerprint density at radius 2 is 1.80 bits per heavy atom. The van der Waals surface area contributed by atoms with Gasteiger partial charge in [0.1, 0.15) is 5.82 Å². The van der Waals surface area contributed by atoms with Gasteiger partial charge in [-0.3, -0.25) is 4.99 Å². The van der Waals surface area contributed by atoms with Crippen LogP contribution in [-0.4, -0.2) is 44.0 Å². The third-order valence-corrected chi connectivity index (χ3v) is 3.88. The zero-order valence-electron chi connectivity index (χ0n) is 15.0. The first-order valence-electron chi connectivity index (χ1n) is 7.78. The number of nitrogens with one attached hydrogen (secondary N) is 1. The van der Waals surface area contributed by atoms with Crippen molar-refractivity contribution >= 4 is 47.4 Å². The topological polar surface area (TPSA) is 43.8 Å². The second-order valence-corrected chi connectivity index (χ2v) is 6.24. The van der Waals surface area contributed by atoms with E-state index < -0.39 is 0 Å². The Morgan fingerprint density at radius 3 is 2.40 bits per heavy atom. The molecule has 0 aliphatic carbocycles. The molecule has 0 spiro atoms. The van der Waals surface area contributed by atoms with Crippen LogP contribution in [0.5, 0.6) is 0 Å². The van der Waals surface area contributed by atoms with Gasteiger partial charge in [0.25, 0.3) is 0 Å². The number of aromatic nitrogens is 1. The number of nitrogens with zero attached hydrogens (tertiary/aromatic N) is 4. The van der Waals surface area contributed by atoms with E-state index in [9.17, 15) is 0 Å². The van der Waals surface area contributed by atoms with E-state index in [1.807, 2.05) is 62.6 Å². The zero-order valence-corrected chi connectivity index (χ0v) is 18.1. The molecule has 1 heterocycles. The van der Waals surface area contributed by atoms with Crippen LogP contribution in [0.15, 0.2) is 47.6 Å². The van der Waals surface area contributed by atoms with Crippen molar-refractivity contribution in [1.82, 2.24) is 15.2 Å². The van der Waals surface area contributed by atoms with Crippen molar-refractivity contribution in [3.63, 3.8) is 0 Å². The lowest BCUT2D eigenvalue weighted by Crippen LogP contribution is -2.38. The van der Waals surface area contributed by atoms with E-state index >= 15 is 0 Å². The van der Waals surface area contributed by atoms with Crippen molar-refractivity contribution in [3.8, 4) is 0 Å². The van der Waals surface area contributed by atoms with E-state index in [0.29, 0.717) is 6.54 Å². The highest BCUT2D eigenvalue weighted by atomic mass is 127. The highest BCUT2D eigenvalue weighted by molar-refractivity contribution is 14.0. The molecule has 1 N–H and O–H groups in total. The van der Waals surface area contributed by atoms with Crippen LogP contribution in [0.4, 0.5) is 5.82 Å². The Kier molecular flexibility index (Phi) is 8.99. The van der Waals surface area contributed by atoms with Crippen LogP contribution < -0.4 is 10.2 Å². The van der Waals surface area contributed by atoms with E-state index in [-0.39, 0.29) is 24.0 Å². The summed E-state index contributed by atoms with van der Waals surface area (Å²) in [5.41, 5.74) is 2.35. The summed E-state index contributed by atoms with van der Waals surface area (Å²) in [7, 11) is 7.77. The maximum absolute atomic E-state index is 5.93. The number of aliphatic imine (C=N–C) groups is 1. The van der Waals surface area contributed by atoms with Crippen molar-refractivity contribution in [2.24, 2.45) is 4.99 Å². The molecule has 2 aromatic rings. The Balaban J connectivity index is 0.00000312. The average Bonchev–Trinajstić information content (AvgIpc) is 2.57. The molecule has 0 aliphatic heterocycles. The smallest absolute Gasteiger partial charge is 0.193 e. The van der Waals surface area contributed by atoms with Crippen LogP contribution in [0.3, 0.4) is 0 Å². The number of pyridine rings is 1. The van der Waals surface area contributed by atoms with Crippen LogP contribution in [0.25, 0.3) is 0 Å². The van der Waals surface area contributed by atoms with Crippen molar-refractivity contribution < 1.29 is 0 Å². The van der Waals surface area contributed by atoms with Crippen LogP contribution in [0, 0.1) is 0 Å². The van der Waals surface area contributed by atoms with E-state index in [1.165, 1.54) is 5.56 Å². The van der Waals surface area contributed by atoms with Gasteiger partial charge in [0.15, 0.2) is 5.96 Å². The first-order chi connectivity index (χ1) is 11.5. The molecule has 0 bridgehead atoms. The summed E-state index contributed by atoms with van der Waals surface area (Å²) in [6, 6.07) is 11.9. The molecule has 7 heteroatoms. The Hall–Kier alpha value is -1.54. The van der Waals surface area contributed by atoms with Crippen molar-refractivity contribution in [2.75, 3.05) is 33.1 Å². The Labute approximate surface area is 172 Å². The number of halogens is 2. The third kappa shape index (κ3) is 6.70. The van der Waals surface area contributed by atoms with Gasteiger partial charge in [0, 0.05) is 52.5 Å². The molecule has 1 aromatic carbocycles. The molecule has 0 amide bonds. The maximum atomic E-state index is 5.93. The first-order valence-corrected chi connectivity index (χ1v) is 8.16. The molecule has 0 saturated heterocycles. The van der Waals surface area contributed by atoms with Gasteiger partial charge in [-0.25, -0.2) is 4.98 Å². The lowest BCUT2D eigenvalue weighted by atomic mass is 10.2. The minimum absolute atomic E-state index is 0. The molecule has 0 radical (unpaired) electrons. The summed E-state index contributed by atoms with van der Waals surface area (Å²) in [6.45, 7) is 1.46. The number of hydrogen-bond acceptors (Lipinski definition) is 3. The zero-order chi connectivity index (χ0) is 17.5. The fourth-order valence-corrected chi connectivity index (χ4v) is 2.45. The average molecular weight is 474 g/mol. The van der Waals surface area contributed by atoms with Crippen molar-refractivity contribution in [1.29, 1.82) is 0 Å².